The standard InChI is InChI=1S/C24H33N3O4/c1-18(2)30-14-4-12-25-23(28)17-27(16-22-5-3-13-31-22)15-19-6-8-20(9-7-19)24(29)26-21-10-11-21/h3,5-9,13,18,21H,4,10-12,14-17H2,1-2H3,(H,25,28)(H,26,29). The Bertz CT molecular complexity index is 814. The summed E-state index contributed by atoms with van der Waals surface area (Å²) in [6.45, 7) is 6.58. The van der Waals surface area contributed by atoms with E-state index in [1.165, 1.54) is 0 Å². The minimum absolute atomic E-state index is 0.0256. The number of carbonyl (C=O) groups is 2. The lowest BCUT2D eigenvalue weighted by molar-refractivity contribution is -0.122. The average molecular weight is 428 g/mol. The molecule has 0 unspecified atom stereocenters. The Hall–Kier alpha value is -2.64. The highest BCUT2D eigenvalue weighted by Crippen LogP contribution is 2.19. The molecule has 1 aliphatic rings. The molecule has 31 heavy (non-hydrogen) atoms. The van der Waals surface area contributed by atoms with Crippen molar-refractivity contribution < 1.29 is 18.7 Å². The summed E-state index contributed by atoms with van der Waals surface area (Å²) < 4.78 is 11.0. The van der Waals surface area contributed by atoms with Gasteiger partial charge in [0.05, 0.1) is 25.5 Å². The molecule has 1 fully saturated rings. The van der Waals surface area contributed by atoms with Crippen LogP contribution in [0.5, 0.6) is 0 Å². The second-order valence-electron chi connectivity index (χ2n) is 8.29. The Labute approximate surface area is 184 Å². The van der Waals surface area contributed by atoms with E-state index in [9.17, 15) is 9.59 Å². The zero-order chi connectivity index (χ0) is 22.1. The Morgan fingerprint density at radius 1 is 1.16 bits per heavy atom. The van der Waals surface area contributed by atoms with Crippen LogP contribution in [0.2, 0.25) is 0 Å². The molecular weight excluding hydrogens is 394 g/mol. The number of amides is 2. The van der Waals surface area contributed by atoms with Crippen LogP contribution in [0.1, 0.15) is 54.8 Å². The molecule has 1 heterocycles. The first kappa shape index (κ1) is 23.0. The van der Waals surface area contributed by atoms with Crippen LogP contribution in [-0.4, -0.2) is 48.6 Å². The van der Waals surface area contributed by atoms with E-state index in [0.717, 1.165) is 30.6 Å². The number of nitrogens with one attached hydrogen (secondary N) is 2. The third kappa shape index (κ3) is 8.55. The van der Waals surface area contributed by atoms with Crippen LogP contribution in [0.3, 0.4) is 0 Å². The maximum atomic E-state index is 12.4. The van der Waals surface area contributed by atoms with E-state index in [0.29, 0.717) is 37.8 Å². The van der Waals surface area contributed by atoms with Gasteiger partial charge in [0.15, 0.2) is 0 Å². The summed E-state index contributed by atoms with van der Waals surface area (Å²) in [5.74, 6) is 0.748. The van der Waals surface area contributed by atoms with Crippen LogP contribution in [0.25, 0.3) is 0 Å². The van der Waals surface area contributed by atoms with Crippen molar-refractivity contribution in [3.05, 3.63) is 59.5 Å². The smallest absolute Gasteiger partial charge is 0.251 e. The molecule has 2 amide bonds. The first-order valence-corrected chi connectivity index (χ1v) is 11.0. The Morgan fingerprint density at radius 3 is 2.58 bits per heavy atom. The van der Waals surface area contributed by atoms with Crippen molar-refractivity contribution in [2.75, 3.05) is 19.7 Å². The van der Waals surface area contributed by atoms with Gasteiger partial charge in [0.1, 0.15) is 5.76 Å². The molecule has 0 bridgehead atoms. The average Bonchev–Trinajstić information content (AvgIpc) is 3.40. The Morgan fingerprint density at radius 2 is 1.94 bits per heavy atom. The fourth-order valence-electron chi connectivity index (χ4n) is 3.18. The van der Waals surface area contributed by atoms with Crippen molar-refractivity contribution in [3.63, 3.8) is 0 Å². The molecule has 1 aromatic heterocycles. The lowest BCUT2D eigenvalue weighted by atomic mass is 10.1. The molecule has 2 N–H and O–H groups in total. The molecule has 7 heteroatoms. The molecular formula is C24H33N3O4. The molecule has 1 saturated carbocycles. The third-order valence-corrected chi connectivity index (χ3v) is 4.96. The number of furan rings is 1. The van der Waals surface area contributed by atoms with Crippen molar-refractivity contribution in [1.29, 1.82) is 0 Å². The SMILES string of the molecule is CC(C)OCCCNC(=O)CN(Cc1ccc(C(=O)NC2CC2)cc1)Cc1ccco1. The summed E-state index contributed by atoms with van der Waals surface area (Å²) in [4.78, 5) is 26.6. The largest absolute Gasteiger partial charge is 0.468 e. The van der Waals surface area contributed by atoms with Crippen LogP contribution >= 0.6 is 0 Å². The van der Waals surface area contributed by atoms with E-state index in [-0.39, 0.29) is 24.5 Å². The zero-order valence-corrected chi connectivity index (χ0v) is 18.4. The predicted octanol–water partition coefficient (Wildman–Crippen LogP) is 3.11. The number of nitrogens with zero attached hydrogens (tertiary/aromatic N) is 1. The van der Waals surface area contributed by atoms with E-state index in [1.54, 1.807) is 6.26 Å². The van der Waals surface area contributed by atoms with E-state index in [1.807, 2.05) is 55.1 Å². The fourth-order valence-corrected chi connectivity index (χ4v) is 3.18. The first-order valence-electron chi connectivity index (χ1n) is 11.0. The molecule has 1 aromatic carbocycles. The number of rotatable bonds is 13. The normalized spacial score (nSPS) is 13.5. The highest BCUT2D eigenvalue weighted by molar-refractivity contribution is 5.94. The zero-order valence-electron chi connectivity index (χ0n) is 18.4. The summed E-state index contributed by atoms with van der Waals surface area (Å²) in [6.07, 6.45) is 4.75. The molecule has 168 valence electrons. The van der Waals surface area contributed by atoms with E-state index < -0.39 is 0 Å². The van der Waals surface area contributed by atoms with Gasteiger partial charge in [0, 0.05) is 31.3 Å². The van der Waals surface area contributed by atoms with Crippen molar-refractivity contribution in [2.24, 2.45) is 0 Å². The van der Waals surface area contributed by atoms with E-state index in [2.05, 4.69) is 10.6 Å². The maximum Gasteiger partial charge on any atom is 0.251 e. The van der Waals surface area contributed by atoms with Gasteiger partial charge in [-0.3, -0.25) is 14.5 Å². The number of hydrogen-bond acceptors (Lipinski definition) is 5. The van der Waals surface area contributed by atoms with Gasteiger partial charge in [-0.15, -0.1) is 0 Å². The second-order valence-corrected chi connectivity index (χ2v) is 8.29. The summed E-state index contributed by atoms with van der Waals surface area (Å²) in [7, 11) is 0. The Balaban J connectivity index is 1.51. The summed E-state index contributed by atoms with van der Waals surface area (Å²) in [6, 6.07) is 11.6. The van der Waals surface area contributed by atoms with Crippen molar-refractivity contribution in [3.8, 4) is 0 Å². The van der Waals surface area contributed by atoms with Crippen LogP contribution in [0.4, 0.5) is 0 Å². The molecule has 2 aromatic rings. The van der Waals surface area contributed by atoms with Gasteiger partial charge < -0.3 is 19.8 Å². The van der Waals surface area contributed by atoms with Gasteiger partial charge in [0.25, 0.3) is 5.91 Å². The number of hydrogen-bond donors (Lipinski definition) is 2. The van der Waals surface area contributed by atoms with Crippen LogP contribution in [-0.2, 0) is 22.6 Å². The van der Waals surface area contributed by atoms with Gasteiger partial charge in [-0.2, -0.15) is 0 Å². The van der Waals surface area contributed by atoms with Crippen LogP contribution < -0.4 is 10.6 Å². The van der Waals surface area contributed by atoms with Gasteiger partial charge >= 0.3 is 0 Å². The summed E-state index contributed by atoms with van der Waals surface area (Å²) >= 11 is 0. The molecule has 7 nitrogen and oxygen atoms in total. The lowest BCUT2D eigenvalue weighted by Crippen LogP contribution is -2.37. The molecule has 0 saturated heterocycles. The minimum atomic E-state index is -0.0310. The van der Waals surface area contributed by atoms with E-state index >= 15 is 0 Å². The molecule has 1 aliphatic carbocycles. The Kier molecular flexibility index (Phi) is 8.67. The molecule has 0 spiro atoms. The van der Waals surface area contributed by atoms with Crippen molar-refractivity contribution in [2.45, 2.75) is 58.3 Å². The monoisotopic (exact) mass is 427 g/mol. The van der Waals surface area contributed by atoms with Crippen molar-refractivity contribution >= 4 is 11.8 Å². The van der Waals surface area contributed by atoms with Gasteiger partial charge in [0.2, 0.25) is 5.91 Å². The van der Waals surface area contributed by atoms with Crippen LogP contribution in [0.15, 0.2) is 47.1 Å². The predicted molar refractivity (Wildman–Crippen MR) is 118 cm³/mol. The topological polar surface area (TPSA) is 83.8 Å². The van der Waals surface area contributed by atoms with Gasteiger partial charge in [-0.25, -0.2) is 0 Å². The third-order valence-electron chi connectivity index (χ3n) is 4.96. The van der Waals surface area contributed by atoms with Gasteiger partial charge in [-0.05, 0) is 62.9 Å². The van der Waals surface area contributed by atoms with Gasteiger partial charge in [-0.1, -0.05) is 12.1 Å². The summed E-state index contributed by atoms with van der Waals surface area (Å²) in [5.41, 5.74) is 1.70. The lowest BCUT2D eigenvalue weighted by Gasteiger charge is -2.21. The molecule has 0 atom stereocenters. The van der Waals surface area contributed by atoms with E-state index in [4.69, 9.17) is 9.15 Å². The highest BCUT2D eigenvalue weighted by atomic mass is 16.5. The summed E-state index contributed by atoms with van der Waals surface area (Å²) in [5, 5.41) is 5.95. The quantitative estimate of drug-likeness (QED) is 0.480. The number of ether oxygens (including phenoxy) is 1. The maximum absolute atomic E-state index is 12.4. The van der Waals surface area contributed by atoms with Crippen LogP contribution in [0, 0.1) is 0 Å². The second kappa shape index (κ2) is 11.7. The highest BCUT2D eigenvalue weighted by Gasteiger charge is 2.23. The minimum Gasteiger partial charge on any atom is -0.468 e. The first-order chi connectivity index (χ1) is 15.0. The number of carbonyl (C=O) groups excluding carboxylic acids is 2. The molecule has 0 aliphatic heterocycles. The molecule has 0 radical (unpaired) electrons. The number of benzene rings is 1. The van der Waals surface area contributed by atoms with Crippen molar-refractivity contribution in [1.82, 2.24) is 15.5 Å². The fraction of sp³-hybridized carbons (Fsp3) is 0.500. The molecule has 3 rings (SSSR count).